The maximum absolute atomic E-state index is 12.9. The van der Waals surface area contributed by atoms with E-state index < -0.39 is 27.7 Å². The highest BCUT2D eigenvalue weighted by Gasteiger charge is 2.34. The van der Waals surface area contributed by atoms with Gasteiger partial charge < -0.3 is 5.32 Å². The molecule has 2 aromatic rings. The fourth-order valence-electron chi connectivity index (χ4n) is 3.27. The van der Waals surface area contributed by atoms with E-state index in [4.69, 9.17) is 0 Å². The maximum Gasteiger partial charge on any atom is 0.416 e. The Bertz CT molecular complexity index is 1040. The number of alkyl halides is 3. The van der Waals surface area contributed by atoms with Gasteiger partial charge in [0.15, 0.2) is 0 Å². The fourth-order valence-corrected chi connectivity index (χ4v) is 5.43. The number of nitrogens with one attached hydrogen (secondary N) is 1. The Morgan fingerprint density at radius 3 is 2.77 bits per heavy atom. The first-order chi connectivity index (χ1) is 14.0. The molecular formula is C19H22F3N3O3S2. The number of carbonyl (C=O) groups excluding carboxylic acids is 1. The Hall–Kier alpha value is -1.98. The van der Waals surface area contributed by atoms with Gasteiger partial charge in [0.05, 0.1) is 27.9 Å². The molecule has 0 aliphatic carbocycles. The molecule has 11 heteroatoms. The van der Waals surface area contributed by atoms with Crippen LogP contribution >= 0.6 is 11.3 Å². The summed E-state index contributed by atoms with van der Waals surface area (Å²) in [5.41, 5.74) is 0.341. The molecule has 1 aliphatic rings. The summed E-state index contributed by atoms with van der Waals surface area (Å²) in [4.78, 5) is 16.9. The van der Waals surface area contributed by atoms with Gasteiger partial charge in [0.1, 0.15) is 5.00 Å². The van der Waals surface area contributed by atoms with Gasteiger partial charge in [0, 0.05) is 19.5 Å². The average molecular weight is 462 g/mol. The molecule has 1 amide bonds. The lowest BCUT2D eigenvalue weighted by molar-refractivity contribution is -0.137. The summed E-state index contributed by atoms with van der Waals surface area (Å²) in [6.07, 6.45) is -3.74. The van der Waals surface area contributed by atoms with Crippen molar-refractivity contribution in [3.8, 4) is 0 Å². The number of halogens is 3. The number of sulfonamides is 1. The smallest absolute Gasteiger partial charge is 0.316 e. The monoisotopic (exact) mass is 461 g/mol. The van der Waals surface area contributed by atoms with E-state index >= 15 is 0 Å². The topological polar surface area (TPSA) is 79.4 Å². The third-order valence-electron chi connectivity index (χ3n) is 4.97. The van der Waals surface area contributed by atoms with Crippen LogP contribution < -0.4 is 5.32 Å². The fraction of sp³-hybridized carbons (Fsp3) is 0.474. The molecule has 6 nitrogen and oxygen atoms in total. The number of aryl methyl sites for hydroxylation is 1. The number of amides is 1. The number of aromatic nitrogens is 1. The lowest BCUT2D eigenvalue weighted by atomic mass is 10.1. The maximum atomic E-state index is 12.9. The second-order valence-electron chi connectivity index (χ2n) is 7.13. The molecule has 3 rings (SSSR count). The van der Waals surface area contributed by atoms with Crippen molar-refractivity contribution in [1.29, 1.82) is 0 Å². The predicted molar refractivity (Wildman–Crippen MR) is 109 cm³/mol. The zero-order chi connectivity index (χ0) is 22.1. The van der Waals surface area contributed by atoms with Gasteiger partial charge in [0.2, 0.25) is 15.9 Å². The number of carbonyl (C=O) groups is 1. The Kier molecular flexibility index (Phi) is 6.54. The zero-order valence-electron chi connectivity index (χ0n) is 16.5. The highest BCUT2D eigenvalue weighted by atomic mass is 32.2. The van der Waals surface area contributed by atoms with E-state index in [1.165, 1.54) is 21.7 Å². The number of nitrogens with zero attached hydrogens (tertiary/aromatic N) is 2. The van der Waals surface area contributed by atoms with Gasteiger partial charge in [-0.05, 0) is 31.9 Å². The number of hydrogen-bond acceptors (Lipinski definition) is 5. The van der Waals surface area contributed by atoms with Crippen LogP contribution in [-0.2, 0) is 27.4 Å². The van der Waals surface area contributed by atoms with E-state index in [-0.39, 0.29) is 24.6 Å². The number of thiazole rings is 1. The minimum Gasteiger partial charge on any atom is -0.316 e. The molecule has 1 aliphatic heterocycles. The van der Waals surface area contributed by atoms with Crippen LogP contribution in [0.4, 0.5) is 18.2 Å². The summed E-state index contributed by atoms with van der Waals surface area (Å²) in [5, 5.41) is 3.91. The zero-order valence-corrected chi connectivity index (χ0v) is 18.1. The Balaban J connectivity index is 1.66. The Labute approximate surface area is 177 Å². The van der Waals surface area contributed by atoms with Crippen LogP contribution in [0, 0.1) is 12.8 Å². The van der Waals surface area contributed by atoms with E-state index in [1.807, 2.05) is 0 Å². The normalized spacial score (nSPS) is 18.0. The van der Waals surface area contributed by atoms with Gasteiger partial charge in [-0.25, -0.2) is 17.7 Å². The Morgan fingerprint density at radius 1 is 1.37 bits per heavy atom. The third kappa shape index (κ3) is 5.19. The van der Waals surface area contributed by atoms with E-state index in [9.17, 15) is 26.4 Å². The standard InChI is InChI=1S/C19H22F3N3O3S2/c1-3-30(27,28)25-8-7-14(11-25)17(26)24-18-12(2)23-16(29-18)10-13-5-4-6-15(9-13)19(20,21)22/h4-6,9,14H,3,7-8,10-11H2,1-2H3,(H,24,26). The highest BCUT2D eigenvalue weighted by molar-refractivity contribution is 7.89. The van der Waals surface area contributed by atoms with Crippen LogP contribution in [0.3, 0.4) is 0 Å². The molecule has 1 unspecified atom stereocenters. The number of benzene rings is 1. The van der Waals surface area contributed by atoms with E-state index in [1.54, 1.807) is 19.9 Å². The van der Waals surface area contributed by atoms with Crippen LogP contribution in [0.25, 0.3) is 0 Å². The quantitative estimate of drug-likeness (QED) is 0.712. The molecule has 164 valence electrons. The van der Waals surface area contributed by atoms with Crippen molar-refractivity contribution >= 4 is 32.3 Å². The molecule has 0 spiro atoms. The highest BCUT2D eigenvalue weighted by Crippen LogP contribution is 2.31. The van der Waals surface area contributed by atoms with Crippen molar-refractivity contribution in [3.63, 3.8) is 0 Å². The molecule has 1 saturated heterocycles. The number of rotatable bonds is 6. The average Bonchev–Trinajstić information content (AvgIpc) is 3.29. The van der Waals surface area contributed by atoms with Gasteiger partial charge >= 0.3 is 6.18 Å². The lowest BCUT2D eigenvalue weighted by Gasteiger charge is -2.15. The van der Waals surface area contributed by atoms with Crippen molar-refractivity contribution in [2.75, 3.05) is 24.2 Å². The minimum atomic E-state index is -4.41. The summed E-state index contributed by atoms with van der Waals surface area (Å²) in [7, 11) is -3.33. The van der Waals surface area contributed by atoms with Crippen LogP contribution in [0.15, 0.2) is 24.3 Å². The molecule has 1 aromatic carbocycles. The molecule has 1 atom stereocenters. The first-order valence-corrected chi connectivity index (χ1v) is 11.8. The molecule has 0 radical (unpaired) electrons. The lowest BCUT2D eigenvalue weighted by Crippen LogP contribution is -2.32. The first-order valence-electron chi connectivity index (χ1n) is 9.40. The van der Waals surface area contributed by atoms with Crippen molar-refractivity contribution in [2.24, 2.45) is 5.92 Å². The van der Waals surface area contributed by atoms with Crippen LogP contribution in [0.2, 0.25) is 0 Å². The van der Waals surface area contributed by atoms with Crippen molar-refractivity contribution < 1.29 is 26.4 Å². The molecule has 1 fully saturated rings. The summed E-state index contributed by atoms with van der Waals surface area (Å²) in [6.45, 7) is 3.74. The molecule has 1 N–H and O–H groups in total. The number of hydrogen-bond donors (Lipinski definition) is 1. The molecule has 2 heterocycles. The van der Waals surface area contributed by atoms with Crippen LogP contribution in [0.5, 0.6) is 0 Å². The van der Waals surface area contributed by atoms with Gasteiger partial charge in [-0.3, -0.25) is 4.79 Å². The van der Waals surface area contributed by atoms with E-state index in [2.05, 4.69) is 10.3 Å². The summed E-state index contributed by atoms with van der Waals surface area (Å²) in [6, 6.07) is 5.07. The van der Waals surface area contributed by atoms with Gasteiger partial charge in [-0.15, -0.1) is 11.3 Å². The molecule has 1 aromatic heterocycles. The predicted octanol–water partition coefficient (Wildman–Crippen LogP) is 3.67. The van der Waals surface area contributed by atoms with Gasteiger partial charge in [-0.1, -0.05) is 18.2 Å². The second-order valence-corrected chi connectivity index (χ2v) is 10.5. The summed E-state index contributed by atoms with van der Waals surface area (Å²) in [5.74, 6) is -0.727. The van der Waals surface area contributed by atoms with Crippen LogP contribution in [-0.4, -0.2) is 42.5 Å². The van der Waals surface area contributed by atoms with E-state index in [0.717, 1.165) is 12.1 Å². The summed E-state index contributed by atoms with van der Waals surface area (Å²) < 4.78 is 63.9. The largest absolute Gasteiger partial charge is 0.416 e. The van der Waals surface area contributed by atoms with Gasteiger partial charge in [0.25, 0.3) is 0 Å². The van der Waals surface area contributed by atoms with Crippen LogP contribution in [0.1, 0.15) is 35.2 Å². The van der Waals surface area contributed by atoms with Crippen molar-refractivity contribution in [2.45, 2.75) is 32.9 Å². The second kappa shape index (κ2) is 8.64. The van der Waals surface area contributed by atoms with Crippen molar-refractivity contribution in [3.05, 3.63) is 46.1 Å². The summed E-state index contributed by atoms with van der Waals surface area (Å²) >= 11 is 1.21. The number of anilines is 1. The third-order valence-corrected chi connectivity index (χ3v) is 7.89. The molecular weight excluding hydrogens is 439 g/mol. The molecule has 0 saturated carbocycles. The van der Waals surface area contributed by atoms with Crippen molar-refractivity contribution in [1.82, 2.24) is 9.29 Å². The van der Waals surface area contributed by atoms with Gasteiger partial charge in [-0.2, -0.15) is 13.2 Å². The first kappa shape index (κ1) is 22.7. The molecule has 30 heavy (non-hydrogen) atoms. The molecule has 0 bridgehead atoms. The van der Waals surface area contributed by atoms with E-state index in [0.29, 0.717) is 34.2 Å². The Morgan fingerprint density at radius 2 is 2.10 bits per heavy atom. The minimum absolute atomic E-state index is 0.00576. The SMILES string of the molecule is CCS(=O)(=O)N1CCC(C(=O)Nc2sc(Cc3cccc(C(F)(F)F)c3)nc2C)C1.